The number of benzene rings is 1. The van der Waals surface area contributed by atoms with E-state index in [0.717, 1.165) is 31.6 Å². The van der Waals surface area contributed by atoms with Crippen LogP contribution in [-0.4, -0.2) is 59.8 Å². The summed E-state index contributed by atoms with van der Waals surface area (Å²) in [5, 5.41) is 13.9. The van der Waals surface area contributed by atoms with E-state index in [2.05, 4.69) is 24.1 Å². The molecule has 0 radical (unpaired) electrons. The number of halogens is 1. The van der Waals surface area contributed by atoms with Crippen LogP contribution in [0.15, 0.2) is 69.2 Å². The SMILES string of the molecule is CCN(CC)CCC1C=C(C(=O)NCc2ccc(Cl)cc2)C(=O)c2cc(CN(C)CC(O)c3ccco3)oc21. The van der Waals surface area contributed by atoms with Crippen LogP contribution >= 0.6 is 11.6 Å². The Hall–Kier alpha value is -3.17. The van der Waals surface area contributed by atoms with E-state index in [-0.39, 0.29) is 23.8 Å². The second-order valence-electron chi connectivity index (χ2n) is 9.86. The third-order valence-corrected chi connectivity index (χ3v) is 7.30. The summed E-state index contributed by atoms with van der Waals surface area (Å²) in [4.78, 5) is 30.8. The number of carbonyl (C=O) groups is 2. The predicted molar refractivity (Wildman–Crippen MR) is 150 cm³/mol. The second-order valence-corrected chi connectivity index (χ2v) is 10.3. The number of furan rings is 2. The molecule has 2 atom stereocenters. The van der Waals surface area contributed by atoms with E-state index in [9.17, 15) is 14.7 Å². The molecule has 1 aliphatic carbocycles. The van der Waals surface area contributed by atoms with Gasteiger partial charge in [-0.15, -0.1) is 0 Å². The molecule has 0 saturated carbocycles. The Morgan fingerprint density at radius 2 is 1.92 bits per heavy atom. The molecule has 2 N–H and O–H groups in total. The maximum absolute atomic E-state index is 13.5. The summed E-state index contributed by atoms with van der Waals surface area (Å²) in [6.45, 7) is 7.88. The minimum atomic E-state index is -0.782. The smallest absolute Gasteiger partial charge is 0.255 e. The van der Waals surface area contributed by atoms with E-state index >= 15 is 0 Å². The molecule has 2 unspecified atom stereocenters. The van der Waals surface area contributed by atoms with Crippen molar-refractivity contribution in [1.82, 2.24) is 15.1 Å². The number of hydrogen-bond acceptors (Lipinski definition) is 7. The van der Waals surface area contributed by atoms with Crippen molar-refractivity contribution >= 4 is 23.3 Å². The molecule has 0 bridgehead atoms. The molecule has 0 spiro atoms. The number of nitrogens with zero attached hydrogens (tertiary/aromatic N) is 2. The van der Waals surface area contributed by atoms with Gasteiger partial charge in [0.25, 0.3) is 5.91 Å². The molecule has 4 rings (SSSR count). The average Bonchev–Trinajstić information content (AvgIpc) is 3.61. The quantitative estimate of drug-likeness (QED) is 0.289. The molecule has 0 aliphatic heterocycles. The first-order chi connectivity index (χ1) is 18.8. The van der Waals surface area contributed by atoms with Crippen LogP contribution in [0, 0.1) is 0 Å². The number of hydrogen-bond donors (Lipinski definition) is 2. The Bertz CT molecular complexity index is 1280. The molecule has 1 aliphatic rings. The standard InChI is InChI=1S/C30H36ClN3O5/c1-4-34(5-2)13-12-21-15-25(30(37)32-17-20-8-10-22(31)11-9-20)28(36)24-16-23(39-29(21)24)18-33(3)19-26(35)27-7-6-14-38-27/h6-11,14-16,21,26,35H,4-5,12-13,17-19H2,1-3H3,(H,32,37). The van der Waals surface area contributed by atoms with Gasteiger partial charge in [-0.3, -0.25) is 14.5 Å². The van der Waals surface area contributed by atoms with E-state index < -0.39 is 12.0 Å². The number of ketones is 1. The number of aliphatic hydroxyl groups excluding tert-OH is 1. The first-order valence-electron chi connectivity index (χ1n) is 13.3. The molecule has 8 nitrogen and oxygen atoms in total. The summed E-state index contributed by atoms with van der Waals surface area (Å²) in [5.41, 5.74) is 1.45. The average molecular weight is 554 g/mol. The Balaban J connectivity index is 1.51. The van der Waals surface area contributed by atoms with Crippen LogP contribution in [0.4, 0.5) is 0 Å². The van der Waals surface area contributed by atoms with Crippen LogP contribution in [0.1, 0.15) is 65.5 Å². The van der Waals surface area contributed by atoms with Gasteiger partial charge < -0.3 is 24.2 Å². The monoisotopic (exact) mass is 553 g/mol. The molecule has 3 aromatic rings. The highest BCUT2D eigenvalue weighted by Crippen LogP contribution is 2.35. The highest BCUT2D eigenvalue weighted by molar-refractivity contribution is 6.30. The zero-order valence-corrected chi connectivity index (χ0v) is 23.4. The van der Waals surface area contributed by atoms with E-state index in [1.807, 2.05) is 24.1 Å². The summed E-state index contributed by atoms with van der Waals surface area (Å²) >= 11 is 5.96. The van der Waals surface area contributed by atoms with Crippen molar-refractivity contribution in [3.63, 3.8) is 0 Å². The molecular weight excluding hydrogens is 518 g/mol. The van der Waals surface area contributed by atoms with E-state index in [0.29, 0.717) is 41.0 Å². The Kier molecular flexibility index (Phi) is 9.80. The molecule has 208 valence electrons. The van der Waals surface area contributed by atoms with Gasteiger partial charge in [0.1, 0.15) is 23.4 Å². The first kappa shape index (κ1) is 28.8. The second kappa shape index (κ2) is 13.3. The normalized spacial score (nSPS) is 15.9. The van der Waals surface area contributed by atoms with Crippen molar-refractivity contribution < 1.29 is 23.5 Å². The van der Waals surface area contributed by atoms with Crippen LogP contribution in [0.25, 0.3) is 0 Å². The lowest BCUT2D eigenvalue weighted by Gasteiger charge is -2.23. The summed E-state index contributed by atoms with van der Waals surface area (Å²) in [6, 6.07) is 12.4. The minimum absolute atomic E-state index is 0.134. The van der Waals surface area contributed by atoms with Gasteiger partial charge in [-0.1, -0.05) is 43.7 Å². The van der Waals surface area contributed by atoms with Crippen LogP contribution in [0.3, 0.4) is 0 Å². The molecular formula is C30H36ClN3O5. The number of Topliss-reactive ketones (excluding diaryl/α,β-unsaturated/α-hetero) is 1. The van der Waals surface area contributed by atoms with Gasteiger partial charge in [-0.2, -0.15) is 0 Å². The molecule has 1 amide bonds. The fourth-order valence-corrected chi connectivity index (χ4v) is 4.94. The van der Waals surface area contributed by atoms with Crippen LogP contribution in [0.2, 0.25) is 5.02 Å². The molecule has 9 heteroatoms. The van der Waals surface area contributed by atoms with Gasteiger partial charge >= 0.3 is 0 Å². The van der Waals surface area contributed by atoms with Crippen molar-refractivity contribution in [1.29, 1.82) is 0 Å². The number of aliphatic hydroxyl groups is 1. The zero-order chi connectivity index (χ0) is 27.9. The van der Waals surface area contributed by atoms with Gasteiger partial charge in [-0.25, -0.2) is 0 Å². The van der Waals surface area contributed by atoms with Crippen molar-refractivity contribution in [2.75, 3.05) is 33.2 Å². The lowest BCUT2D eigenvalue weighted by Crippen LogP contribution is -2.31. The predicted octanol–water partition coefficient (Wildman–Crippen LogP) is 4.95. The number of carbonyl (C=O) groups excluding carboxylic acids is 2. The molecule has 0 saturated heterocycles. The number of allylic oxidation sites excluding steroid dienone is 1. The molecule has 2 aromatic heterocycles. The summed E-state index contributed by atoms with van der Waals surface area (Å²) in [6.07, 6.45) is 3.22. The topological polar surface area (TPSA) is 99.2 Å². The third-order valence-electron chi connectivity index (χ3n) is 7.05. The van der Waals surface area contributed by atoms with Crippen molar-refractivity contribution in [2.45, 2.75) is 45.4 Å². The number of rotatable bonds is 13. The Morgan fingerprint density at radius 3 is 2.59 bits per heavy atom. The van der Waals surface area contributed by atoms with Gasteiger partial charge in [0, 0.05) is 24.0 Å². The summed E-state index contributed by atoms with van der Waals surface area (Å²) < 4.78 is 11.5. The Labute approximate surface area is 234 Å². The van der Waals surface area contributed by atoms with Gasteiger partial charge in [0.05, 0.1) is 23.9 Å². The number of amides is 1. The fourth-order valence-electron chi connectivity index (χ4n) is 4.82. The third kappa shape index (κ3) is 7.28. The molecule has 39 heavy (non-hydrogen) atoms. The van der Waals surface area contributed by atoms with Crippen LogP contribution in [0.5, 0.6) is 0 Å². The van der Waals surface area contributed by atoms with E-state index in [1.165, 1.54) is 6.26 Å². The zero-order valence-electron chi connectivity index (χ0n) is 22.7. The number of likely N-dealkylation sites (N-methyl/N-ethyl adjacent to an activating group) is 1. The van der Waals surface area contributed by atoms with Gasteiger partial charge in [0.15, 0.2) is 0 Å². The van der Waals surface area contributed by atoms with Crippen molar-refractivity contribution in [3.8, 4) is 0 Å². The van der Waals surface area contributed by atoms with E-state index in [1.54, 1.807) is 36.4 Å². The minimum Gasteiger partial charge on any atom is -0.467 e. The van der Waals surface area contributed by atoms with E-state index in [4.69, 9.17) is 20.4 Å². The summed E-state index contributed by atoms with van der Waals surface area (Å²) in [5.74, 6) is 0.733. The molecule has 0 fully saturated rings. The highest BCUT2D eigenvalue weighted by atomic mass is 35.5. The lowest BCUT2D eigenvalue weighted by molar-refractivity contribution is -0.117. The lowest BCUT2D eigenvalue weighted by atomic mass is 9.86. The maximum atomic E-state index is 13.5. The highest BCUT2D eigenvalue weighted by Gasteiger charge is 2.34. The van der Waals surface area contributed by atoms with Gasteiger partial charge in [0.2, 0.25) is 5.78 Å². The van der Waals surface area contributed by atoms with Crippen LogP contribution < -0.4 is 5.32 Å². The maximum Gasteiger partial charge on any atom is 0.255 e. The summed E-state index contributed by atoms with van der Waals surface area (Å²) in [7, 11) is 1.86. The largest absolute Gasteiger partial charge is 0.467 e. The fraction of sp³-hybridized carbons (Fsp3) is 0.400. The van der Waals surface area contributed by atoms with Crippen LogP contribution in [-0.2, 0) is 17.9 Å². The molecule has 2 heterocycles. The van der Waals surface area contributed by atoms with Crippen molar-refractivity contribution in [2.24, 2.45) is 0 Å². The number of fused-ring (bicyclic) bond motifs is 1. The molecule has 1 aromatic carbocycles. The Morgan fingerprint density at radius 1 is 1.18 bits per heavy atom. The first-order valence-corrected chi connectivity index (χ1v) is 13.7. The van der Waals surface area contributed by atoms with Crippen molar-refractivity contribution in [3.05, 3.63) is 93.8 Å². The van der Waals surface area contributed by atoms with Gasteiger partial charge in [-0.05, 0) is 69.0 Å². The number of nitrogens with one attached hydrogen (secondary N) is 1.